The fourth-order valence-corrected chi connectivity index (χ4v) is 5.51. The molecule has 0 bridgehead atoms. The zero-order valence-electron chi connectivity index (χ0n) is 22.2. The highest BCUT2D eigenvalue weighted by molar-refractivity contribution is 5.98. The van der Waals surface area contributed by atoms with Crippen molar-refractivity contribution < 1.29 is 13.2 Å². The van der Waals surface area contributed by atoms with Gasteiger partial charge < -0.3 is 0 Å². The highest BCUT2D eigenvalue weighted by Crippen LogP contribution is 2.44. The summed E-state index contributed by atoms with van der Waals surface area (Å²) in [6.07, 6.45) is -4.59. The van der Waals surface area contributed by atoms with Crippen LogP contribution in [0.25, 0.3) is 27.2 Å². The van der Waals surface area contributed by atoms with Gasteiger partial charge >= 0.3 is 6.18 Å². The predicted octanol–water partition coefficient (Wildman–Crippen LogP) is 4.67. The summed E-state index contributed by atoms with van der Waals surface area (Å²) in [6, 6.07) is 8.33. The summed E-state index contributed by atoms with van der Waals surface area (Å²) in [5, 5.41) is -0.000864. The minimum Gasteiger partial charge on any atom is -0.277 e. The van der Waals surface area contributed by atoms with Crippen molar-refractivity contribution in [3.05, 3.63) is 117 Å². The summed E-state index contributed by atoms with van der Waals surface area (Å²) >= 11 is 0. The molecule has 0 saturated heterocycles. The van der Waals surface area contributed by atoms with Crippen LogP contribution in [0, 0.1) is 34.6 Å². The van der Waals surface area contributed by atoms with E-state index in [4.69, 9.17) is 0 Å². The Morgan fingerprint density at radius 1 is 0.615 bits per heavy atom. The molecule has 0 amide bonds. The minimum absolute atomic E-state index is 0.0317. The Morgan fingerprint density at radius 3 is 1.54 bits per heavy atom. The van der Waals surface area contributed by atoms with E-state index in [-0.39, 0.29) is 38.4 Å². The highest BCUT2D eigenvalue weighted by atomic mass is 19.4. The quantitative estimate of drug-likeness (QED) is 0.337. The maximum atomic E-state index is 14.5. The molecule has 9 heteroatoms. The van der Waals surface area contributed by atoms with Crippen LogP contribution in [0.3, 0.4) is 0 Å². The molecule has 0 spiro atoms. The van der Waals surface area contributed by atoms with Crippen LogP contribution >= 0.6 is 0 Å². The predicted molar refractivity (Wildman–Crippen MR) is 145 cm³/mol. The molecule has 2 aromatic heterocycles. The molecule has 1 atom stereocenters. The normalized spacial score (nSPS) is 13.1. The Hall–Kier alpha value is -4.27. The molecule has 0 aliphatic carbocycles. The van der Waals surface area contributed by atoms with Crippen molar-refractivity contribution in [2.45, 2.75) is 46.7 Å². The number of alkyl halides is 3. The van der Waals surface area contributed by atoms with E-state index < -0.39 is 34.3 Å². The lowest BCUT2D eigenvalue weighted by molar-refractivity contribution is -0.141. The molecule has 0 radical (unpaired) electrons. The molecule has 5 rings (SSSR count). The van der Waals surface area contributed by atoms with Gasteiger partial charge in [-0.1, -0.05) is 18.2 Å². The van der Waals surface area contributed by atoms with Gasteiger partial charge in [0.1, 0.15) is 5.92 Å². The van der Waals surface area contributed by atoms with Crippen molar-refractivity contribution in [1.82, 2.24) is 9.13 Å². The maximum absolute atomic E-state index is 14.5. The van der Waals surface area contributed by atoms with Crippen LogP contribution in [0.5, 0.6) is 0 Å². The Morgan fingerprint density at radius 2 is 1.05 bits per heavy atom. The van der Waals surface area contributed by atoms with Crippen LogP contribution < -0.4 is 22.2 Å². The molecule has 39 heavy (non-hydrogen) atoms. The second-order valence-electron chi connectivity index (χ2n) is 10.2. The Kier molecular flexibility index (Phi) is 5.82. The molecule has 6 nitrogen and oxygen atoms in total. The summed E-state index contributed by atoms with van der Waals surface area (Å²) < 4.78 is 45.5. The van der Waals surface area contributed by atoms with Crippen molar-refractivity contribution >= 4 is 21.5 Å². The fourth-order valence-electron chi connectivity index (χ4n) is 5.51. The Bertz CT molecular complexity index is 1980. The molecule has 200 valence electrons. The van der Waals surface area contributed by atoms with Crippen molar-refractivity contribution in [2.75, 3.05) is 0 Å². The van der Waals surface area contributed by atoms with Gasteiger partial charge in [-0.05, 0) is 91.8 Å². The zero-order chi connectivity index (χ0) is 28.7. The molecule has 0 fully saturated rings. The number of rotatable bonds is 3. The second-order valence-corrected chi connectivity index (χ2v) is 10.2. The average Bonchev–Trinajstić information content (AvgIpc) is 3.24. The van der Waals surface area contributed by atoms with E-state index in [9.17, 15) is 32.3 Å². The Balaban J connectivity index is 1.75. The minimum atomic E-state index is -4.59. The van der Waals surface area contributed by atoms with E-state index in [1.54, 1.807) is 33.8 Å². The molecule has 0 saturated carbocycles. The maximum Gasteiger partial charge on any atom is 0.399 e. The average molecular weight is 535 g/mol. The zero-order valence-corrected chi connectivity index (χ0v) is 22.2. The molecule has 1 unspecified atom stereocenters. The summed E-state index contributed by atoms with van der Waals surface area (Å²) in [5.41, 5.74) is 0.648. The van der Waals surface area contributed by atoms with Gasteiger partial charge in [0.05, 0.1) is 27.2 Å². The molecule has 5 aromatic rings. The largest absolute Gasteiger partial charge is 0.399 e. The highest BCUT2D eigenvalue weighted by Gasteiger charge is 2.43. The van der Waals surface area contributed by atoms with Gasteiger partial charge in [0, 0.05) is 7.05 Å². The van der Waals surface area contributed by atoms with Crippen LogP contribution in [0.15, 0.2) is 55.6 Å². The van der Waals surface area contributed by atoms with Gasteiger partial charge in [0.15, 0.2) is 0 Å². The smallest absolute Gasteiger partial charge is 0.277 e. The molecule has 0 aliphatic rings. The van der Waals surface area contributed by atoms with Gasteiger partial charge in [0.2, 0.25) is 0 Å². The van der Waals surface area contributed by atoms with Crippen LogP contribution in [0.4, 0.5) is 13.2 Å². The van der Waals surface area contributed by atoms with Crippen LogP contribution in [0.2, 0.25) is 0 Å². The standard InChI is InChI=1S/C30H25F3N2O4/c1-13-7-8-18(15(3)14(13)2)25(30(31,32)33)19-9-10-24(17(5)16(19)4)35-28(38)22-11-20-21(12-23(22)29(35)39)27(37)34(6)26(20)36/h7-12,25H,1-6H3. The molecule has 0 aliphatic heterocycles. The number of halogens is 3. The number of nitrogens with zero attached hydrogens (tertiary/aromatic N) is 2. The van der Waals surface area contributed by atoms with Crippen molar-refractivity contribution in [3.8, 4) is 5.69 Å². The molecular formula is C30H25F3N2O4. The monoisotopic (exact) mass is 534 g/mol. The van der Waals surface area contributed by atoms with E-state index in [1.807, 2.05) is 6.92 Å². The van der Waals surface area contributed by atoms with E-state index in [1.165, 1.54) is 37.4 Å². The van der Waals surface area contributed by atoms with Crippen molar-refractivity contribution in [2.24, 2.45) is 7.05 Å². The summed E-state index contributed by atoms with van der Waals surface area (Å²) in [5.74, 6) is -1.90. The number of aromatic nitrogens is 2. The van der Waals surface area contributed by atoms with E-state index in [2.05, 4.69) is 0 Å². The Labute approximate surface area is 220 Å². The molecular weight excluding hydrogens is 509 g/mol. The van der Waals surface area contributed by atoms with E-state index >= 15 is 0 Å². The molecule has 0 N–H and O–H groups in total. The summed E-state index contributed by atoms with van der Waals surface area (Å²) in [4.78, 5) is 51.6. The number of hydrogen-bond donors (Lipinski definition) is 0. The summed E-state index contributed by atoms with van der Waals surface area (Å²) in [7, 11) is 1.31. The van der Waals surface area contributed by atoms with E-state index in [0.29, 0.717) is 16.7 Å². The van der Waals surface area contributed by atoms with Crippen LogP contribution in [0.1, 0.15) is 44.9 Å². The number of aryl methyl sites for hydroxylation is 1. The first-order valence-electron chi connectivity index (χ1n) is 12.3. The number of hydrogen-bond acceptors (Lipinski definition) is 4. The lowest BCUT2D eigenvalue weighted by atomic mass is 9.82. The lowest BCUT2D eigenvalue weighted by Gasteiger charge is -2.27. The van der Waals surface area contributed by atoms with E-state index in [0.717, 1.165) is 20.3 Å². The van der Waals surface area contributed by atoms with Crippen molar-refractivity contribution in [3.63, 3.8) is 0 Å². The topological polar surface area (TPSA) is 78.1 Å². The number of fused-ring (bicyclic) bond motifs is 2. The molecule has 3 aromatic carbocycles. The van der Waals surface area contributed by atoms with Gasteiger partial charge in [-0.25, -0.2) is 4.57 Å². The first kappa shape index (κ1) is 26.3. The van der Waals surface area contributed by atoms with Gasteiger partial charge in [-0.3, -0.25) is 23.7 Å². The third-order valence-electron chi connectivity index (χ3n) is 8.19. The molecule has 2 heterocycles. The SMILES string of the molecule is Cc1ccc(C(c2ccc(-n3c(=O)c4cc5c(=O)n(C)c(=O)c5cc4c3=O)c(C)c2C)C(F)(F)F)c(C)c1C. The van der Waals surface area contributed by atoms with Crippen LogP contribution in [-0.4, -0.2) is 15.3 Å². The first-order chi connectivity index (χ1) is 18.2. The second kappa shape index (κ2) is 8.62. The van der Waals surface area contributed by atoms with Gasteiger partial charge in [-0.15, -0.1) is 0 Å². The fraction of sp³-hybridized carbons (Fsp3) is 0.267. The van der Waals surface area contributed by atoms with Gasteiger partial charge in [0.25, 0.3) is 22.2 Å². The number of benzene rings is 3. The third-order valence-corrected chi connectivity index (χ3v) is 8.19. The van der Waals surface area contributed by atoms with Crippen LogP contribution in [-0.2, 0) is 7.05 Å². The van der Waals surface area contributed by atoms with Crippen molar-refractivity contribution in [1.29, 1.82) is 0 Å². The lowest BCUT2D eigenvalue weighted by Crippen LogP contribution is -2.27. The third kappa shape index (κ3) is 3.71. The summed E-state index contributed by atoms with van der Waals surface area (Å²) in [6.45, 7) is 8.43. The first-order valence-corrected chi connectivity index (χ1v) is 12.3. The van der Waals surface area contributed by atoms with Gasteiger partial charge in [-0.2, -0.15) is 13.2 Å².